The summed E-state index contributed by atoms with van der Waals surface area (Å²) in [7, 11) is 0. The molecular formula is C7H8O4. The average molecular weight is 156 g/mol. The lowest BCUT2D eigenvalue weighted by molar-refractivity contribution is -0.138. The van der Waals surface area contributed by atoms with Gasteiger partial charge < -0.3 is 14.6 Å². The summed E-state index contributed by atoms with van der Waals surface area (Å²) in [5.74, 6) is -0.708. The van der Waals surface area contributed by atoms with Crippen LogP contribution < -0.4 is 0 Å². The Morgan fingerprint density at radius 2 is 2.64 bits per heavy atom. The third-order valence-electron chi connectivity index (χ3n) is 1.22. The second-order valence-corrected chi connectivity index (χ2v) is 2.11. The van der Waals surface area contributed by atoms with E-state index in [9.17, 15) is 4.79 Å². The van der Waals surface area contributed by atoms with Crippen molar-refractivity contribution in [2.24, 2.45) is 0 Å². The average Bonchev–Trinajstić information content (AvgIpc) is 2.34. The number of aliphatic carboxylic acids is 1. The van der Waals surface area contributed by atoms with Gasteiger partial charge in [0.1, 0.15) is 12.7 Å². The summed E-state index contributed by atoms with van der Waals surface area (Å²) in [5.41, 5.74) is 2.40. The van der Waals surface area contributed by atoms with Gasteiger partial charge in [-0.3, -0.25) is 4.79 Å². The Labute approximate surface area is 63.7 Å². The van der Waals surface area contributed by atoms with Crippen molar-refractivity contribution < 1.29 is 19.4 Å². The van der Waals surface area contributed by atoms with E-state index in [4.69, 9.17) is 14.6 Å². The summed E-state index contributed by atoms with van der Waals surface area (Å²) in [5, 5.41) is 8.35. The topological polar surface area (TPSA) is 55.8 Å². The Balaban J connectivity index is 2.42. The SMILES string of the molecule is C=C=C1OCC(CC(=O)O)O1. The van der Waals surface area contributed by atoms with Gasteiger partial charge >= 0.3 is 11.9 Å². The lowest BCUT2D eigenvalue weighted by Crippen LogP contribution is -2.14. The van der Waals surface area contributed by atoms with E-state index in [1.165, 1.54) is 0 Å². The van der Waals surface area contributed by atoms with Crippen LogP contribution in [0.2, 0.25) is 0 Å². The molecule has 1 aliphatic heterocycles. The Morgan fingerprint density at radius 1 is 1.91 bits per heavy atom. The van der Waals surface area contributed by atoms with Crippen molar-refractivity contribution in [2.75, 3.05) is 6.61 Å². The molecule has 1 rings (SSSR count). The Morgan fingerprint density at radius 3 is 3.09 bits per heavy atom. The van der Waals surface area contributed by atoms with Crippen LogP contribution in [0.4, 0.5) is 0 Å². The van der Waals surface area contributed by atoms with E-state index in [1.54, 1.807) is 0 Å². The summed E-state index contributed by atoms with van der Waals surface area (Å²) in [4.78, 5) is 10.2. The molecule has 1 N–H and O–H groups in total. The first kappa shape index (κ1) is 7.69. The largest absolute Gasteiger partial charge is 0.481 e. The van der Waals surface area contributed by atoms with Gasteiger partial charge in [0.15, 0.2) is 0 Å². The van der Waals surface area contributed by atoms with E-state index < -0.39 is 12.1 Å². The first-order valence-electron chi connectivity index (χ1n) is 3.13. The summed E-state index contributed by atoms with van der Waals surface area (Å²) in [6, 6.07) is 0. The van der Waals surface area contributed by atoms with Crippen LogP contribution in [0.25, 0.3) is 0 Å². The molecule has 0 aromatic carbocycles. The molecule has 1 unspecified atom stereocenters. The first-order chi connectivity index (χ1) is 5.22. The molecule has 1 fully saturated rings. The van der Waals surface area contributed by atoms with Crippen molar-refractivity contribution in [3.05, 3.63) is 18.3 Å². The molecule has 0 aliphatic carbocycles. The zero-order chi connectivity index (χ0) is 8.27. The zero-order valence-electron chi connectivity index (χ0n) is 5.87. The summed E-state index contributed by atoms with van der Waals surface area (Å²) >= 11 is 0. The van der Waals surface area contributed by atoms with E-state index in [1.807, 2.05) is 0 Å². The Kier molecular flexibility index (Phi) is 2.18. The predicted molar refractivity (Wildman–Crippen MR) is 35.7 cm³/mol. The quantitative estimate of drug-likeness (QED) is 0.591. The monoisotopic (exact) mass is 156 g/mol. The number of rotatable bonds is 2. The van der Waals surface area contributed by atoms with Crippen LogP contribution in [-0.2, 0) is 14.3 Å². The molecule has 0 radical (unpaired) electrons. The molecule has 1 atom stereocenters. The number of carboxylic acid groups (broad SMARTS) is 1. The highest BCUT2D eigenvalue weighted by Gasteiger charge is 2.23. The standard InChI is InChI=1S/C7H8O4/c1-2-7-10-4-5(11-7)3-6(8)9/h5H,1,3-4H2,(H,8,9). The number of hydrogen-bond donors (Lipinski definition) is 1. The zero-order valence-corrected chi connectivity index (χ0v) is 5.87. The molecule has 4 heteroatoms. The van der Waals surface area contributed by atoms with E-state index in [2.05, 4.69) is 12.3 Å². The van der Waals surface area contributed by atoms with E-state index in [0.717, 1.165) is 0 Å². The van der Waals surface area contributed by atoms with Gasteiger partial charge in [-0.25, -0.2) is 0 Å². The molecule has 0 amide bonds. The maximum absolute atomic E-state index is 10.2. The van der Waals surface area contributed by atoms with Crippen LogP contribution >= 0.6 is 0 Å². The molecule has 1 heterocycles. The van der Waals surface area contributed by atoms with Gasteiger partial charge in [0, 0.05) is 0 Å². The third-order valence-corrected chi connectivity index (χ3v) is 1.22. The minimum Gasteiger partial charge on any atom is -0.481 e. The van der Waals surface area contributed by atoms with Crippen molar-refractivity contribution in [3.63, 3.8) is 0 Å². The third kappa shape index (κ3) is 2.02. The van der Waals surface area contributed by atoms with Crippen molar-refractivity contribution in [3.8, 4) is 0 Å². The fourth-order valence-electron chi connectivity index (χ4n) is 0.776. The molecular weight excluding hydrogens is 148 g/mol. The molecule has 0 aromatic heterocycles. The number of hydrogen-bond acceptors (Lipinski definition) is 3. The van der Waals surface area contributed by atoms with Gasteiger partial charge in [0.05, 0.1) is 6.42 Å². The summed E-state index contributed by atoms with van der Waals surface area (Å²) in [6.45, 7) is 3.56. The number of carboxylic acids is 1. The molecule has 1 aliphatic rings. The maximum Gasteiger partial charge on any atom is 0.327 e. The maximum atomic E-state index is 10.2. The molecule has 11 heavy (non-hydrogen) atoms. The number of carbonyl (C=O) groups is 1. The minimum atomic E-state index is -0.899. The van der Waals surface area contributed by atoms with Crippen LogP contribution in [0, 0.1) is 0 Å². The van der Waals surface area contributed by atoms with Crippen LogP contribution in [0.5, 0.6) is 0 Å². The van der Waals surface area contributed by atoms with E-state index in [-0.39, 0.29) is 19.0 Å². The van der Waals surface area contributed by atoms with Gasteiger partial charge in [0.25, 0.3) is 0 Å². The second-order valence-electron chi connectivity index (χ2n) is 2.11. The lowest BCUT2D eigenvalue weighted by atomic mass is 10.3. The Bertz CT molecular complexity index is 214. The van der Waals surface area contributed by atoms with Gasteiger partial charge in [-0.2, -0.15) is 0 Å². The molecule has 0 spiro atoms. The molecule has 0 bridgehead atoms. The van der Waals surface area contributed by atoms with Gasteiger partial charge in [-0.15, -0.1) is 0 Å². The smallest absolute Gasteiger partial charge is 0.327 e. The first-order valence-corrected chi connectivity index (χ1v) is 3.13. The second kappa shape index (κ2) is 3.12. The van der Waals surface area contributed by atoms with Gasteiger partial charge in [0.2, 0.25) is 0 Å². The summed E-state index contributed by atoms with van der Waals surface area (Å²) < 4.78 is 9.83. The molecule has 60 valence electrons. The normalized spacial score (nSPS) is 21.8. The predicted octanol–water partition coefficient (Wildman–Crippen LogP) is 0.503. The molecule has 0 saturated carbocycles. The van der Waals surface area contributed by atoms with Gasteiger partial charge in [-0.05, 0) is 12.3 Å². The highest BCUT2D eigenvalue weighted by Crippen LogP contribution is 2.15. The van der Waals surface area contributed by atoms with Crippen molar-refractivity contribution in [1.82, 2.24) is 0 Å². The lowest BCUT2D eigenvalue weighted by Gasteiger charge is -2.00. The molecule has 1 saturated heterocycles. The van der Waals surface area contributed by atoms with E-state index in [0.29, 0.717) is 0 Å². The molecule has 4 nitrogen and oxygen atoms in total. The Hall–Kier alpha value is -1.41. The highest BCUT2D eigenvalue weighted by atomic mass is 16.7. The fourth-order valence-corrected chi connectivity index (χ4v) is 0.776. The van der Waals surface area contributed by atoms with Crippen LogP contribution in [0.1, 0.15) is 6.42 Å². The minimum absolute atomic E-state index is 0.0504. The van der Waals surface area contributed by atoms with Crippen molar-refractivity contribution >= 4 is 5.97 Å². The fraction of sp³-hybridized carbons (Fsp3) is 0.429. The van der Waals surface area contributed by atoms with E-state index >= 15 is 0 Å². The van der Waals surface area contributed by atoms with Crippen LogP contribution in [0.15, 0.2) is 18.3 Å². The van der Waals surface area contributed by atoms with Crippen molar-refractivity contribution in [2.45, 2.75) is 12.5 Å². The highest BCUT2D eigenvalue weighted by molar-refractivity contribution is 5.67. The van der Waals surface area contributed by atoms with Gasteiger partial charge in [-0.1, -0.05) is 0 Å². The molecule has 0 aromatic rings. The number of ether oxygens (including phenoxy) is 2. The summed E-state index contributed by atoms with van der Waals surface area (Å²) in [6.07, 6.45) is -0.442. The van der Waals surface area contributed by atoms with Crippen molar-refractivity contribution in [1.29, 1.82) is 0 Å². The van der Waals surface area contributed by atoms with Crippen LogP contribution in [0.3, 0.4) is 0 Å². The van der Waals surface area contributed by atoms with Crippen LogP contribution in [-0.4, -0.2) is 23.8 Å².